The van der Waals surface area contributed by atoms with Crippen LogP contribution in [0.3, 0.4) is 0 Å². The van der Waals surface area contributed by atoms with Crippen LogP contribution in [0.15, 0.2) is 91.1 Å². The van der Waals surface area contributed by atoms with Crippen LogP contribution in [-0.4, -0.2) is 55.5 Å². The quantitative estimate of drug-likeness (QED) is 0.225. The molecule has 3 aliphatic heterocycles. The second-order valence-electron chi connectivity index (χ2n) is 13.4. The van der Waals surface area contributed by atoms with Gasteiger partial charge in [-0.15, -0.1) is 0 Å². The van der Waals surface area contributed by atoms with Gasteiger partial charge in [-0.3, -0.25) is 19.2 Å². The van der Waals surface area contributed by atoms with Gasteiger partial charge < -0.3 is 29.4 Å². The van der Waals surface area contributed by atoms with Gasteiger partial charge >= 0.3 is 0 Å². The Labute approximate surface area is 294 Å². The average Bonchev–Trinajstić information content (AvgIpc) is 3.88. The summed E-state index contributed by atoms with van der Waals surface area (Å²) in [4.78, 5) is 33.2. The van der Waals surface area contributed by atoms with Gasteiger partial charge in [-0.1, -0.05) is 24.3 Å². The van der Waals surface area contributed by atoms with Crippen LogP contribution in [0.4, 0.5) is 11.4 Å². The van der Waals surface area contributed by atoms with Gasteiger partial charge in [0.1, 0.15) is 5.75 Å². The van der Waals surface area contributed by atoms with E-state index in [0.29, 0.717) is 65.7 Å². The smallest absolute Gasteiger partial charge is 0.264 e. The molecule has 2 aromatic heterocycles. The number of aromatic nitrogens is 3. The predicted molar refractivity (Wildman–Crippen MR) is 192 cm³/mol. The molecule has 0 fully saturated rings. The Morgan fingerprint density at radius 1 is 0.922 bits per heavy atom. The Kier molecular flexibility index (Phi) is 7.32. The summed E-state index contributed by atoms with van der Waals surface area (Å²) in [5.74, 6) is 0.857. The number of nitrogens with one attached hydrogen (secondary N) is 1. The summed E-state index contributed by atoms with van der Waals surface area (Å²) in [6.07, 6.45) is 2.55. The number of phenolic OH excluding ortho intramolecular Hbond substituents is 1. The van der Waals surface area contributed by atoms with E-state index in [1.165, 1.54) is 5.56 Å². The highest BCUT2D eigenvalue weighted by Gasteiger charge is 2.34. The van der Waals surface area contributed by atoms with Crippen molar-refractivity contribution in [1.82, 2.24) is 24.6 Å². The maximum absolute atomic E-state index is 15.0. The number of ether oxygens (including phenoxy) is 2. The number of phenols is 1. The molecule has 11 nitrogen and oxygen atoms in total. The molecule has 0 bridgehead atoms. The number of amides is 2. The van der Waals surface area contributed by atoms with Gasteiger partial charge in [-0.25, -0.2) is 0 Å². The van der Waals surface area contributed by atoms with E-state index >= 15 is 0 Å². The number of hydrogen-bond acceptors (Lipinski definition) is 7. The van der Waals surface area contributed by atoms with Crippen molar-refractivity contribution in [2.24, 2.45) is 7.05 Å². The van der Waals surface area contributed by atoms with Crippen LogP contribution in [0, 0.1) is 0 Å². The van der Waals surface area contributed by atoms with Crippen LogP contribution in [0.1, 0.15) is 44.5 Å². The van der Waals surface area contributed by atoms with Gasteiger partial charge in [0.25, 0.3) is 11.8 Å². The molecule has 256 valence electrons. The van der Waals surface area contributed by atoms with Gasteiger partial charge in [-0.2, -0.15) is 5.10 Å². The van der Waals surface area contributed by atoms with Gasteiger partial charge in [-0.05, 0) is 85.1 Å². The van der Waals surface area contributed by atoms with Crippen LogP contribution in [0.25, 0.3) is 22.2 Å². The zero-order valence-electron chi connectivity index (χ0n) is 28.3. The normalized spacial score (nSPS) is 16.2. The highest BCUT2D eigenvalue weighted by atomic mass is 16.7. The molecule has 0 saturated heterocycles. The number of hydrogen-bond donors (Lipinski definition) is 2. The van der Waals surface area contributed by atoms with Gasteiger partial charge in [0, 0.05) is 61.6 Å². The zero-order chi connectivity index (χ0) is 34.8. The van der Waals surface area contributed by atoms with Gasteiger partial charge in [0.05, 0.1) is 34.2 Å². The second kappa shape index (κ2) is 12.1. The highest BCUT2D eigenvalue weighted by molar-refractivity contribution is 6.13. The summed E-state index contributed by atoms with van der Waals surface area (Å²) < 4.78 is 15.6. The molecular formula is C40H36N6O5. The largest absolute Gasteiger partial charge is 0.508 e. The standard InChI is InChI=1S/C40H36N6O5/c1-24-15-25-5-3-4-6-26(25)22-45(24)39(48)32-19-38-37(50-23-51-38)18-31(32)35-17-33(36-21-41-13-14-44(35)36)40(49)46(28-7-10-30(47)11-8-28)29-9-12-34-27(16-29)20-42-43(34)2/h3-12,16-20,24,41,47H,13-15,21-23H2,1-2H3/t24-/m1/s1. The number of aromatic hydroxyl groups is 1. The monoisotopic (exact) mass is 680 g/mol. The summed E-state index contributed by atoms with van der Waals surface area (Å²) in [6, 6.07) is 26.3. The third-order valence-electron chi connectivity index (χ3n) is 10.3. The van der Waals surface area contributed by atoms with Gasteiger partial charge in [0.2, 0.25) is 6.79 Å². The van der Waals surface area contributed by atoms with E-state index in [9.17, 15) is 14.7 Å². The number of anilines is 2. The molecule has 0 saturated carbocycles. The maximum Gasteiger partial charge on any atom is 0.264 e. The molecular weight excluding hydrogens is 644 g/mol. The fraction of sp³-hybridized carbons (Fsp3) is 0.225. The fourth-order valence-electron chi connectivity index (χ4n) is 7.67. The Morgan fingerprint density at radius 2 is 1.69 bits per heavy atom. The van der Waals surface area contributed by atoms with E-state index < -0.39 is 0 Å². The summed E-state index contributed by atoms with van der Waals surface area (Å²) in [7, 11) is 1.88. The number of fused-ring (bicyclic) bond motifs is 4. The molecule has 4 aromatic carbocycles. The Balaban J connectivity index is 1.18. The molecule has 0 unspecified atom stereocenters. The first-order chi connectivity index (χ1) is 24.8. The number of benzene rings is 4. The molecule has 9 rings (SSSR count). The predicted octanol–water partition coefficient (Wildman–Crippen LogP) is 6.14. The van der Waals surface area contributed by atoms with Crippen LogP contribution >= 0.6 is 0 Å². The summed E-state index contributed by atoms with van der Waals surface area (Å²) in [5.41, 5.74) is 7.88. The first-order valence-electron chi connectivity index (χ1n) is 17.1. The summed E-state index contributed by atoms with van der Waals surface area (Å²) in [5, 5.41) is 18.8. The molecule has 1 atom stereocenters. The summed E-state index contributed by atoms with van der Waals surface area (Å²) >= 11 is 0. The third-order valence-corrected chi connectivity index (χ3v) is 10.3. The van der Waals surface area contributed by atoms with E-state index in [1.54, 1.807) is 46.1 Å². The number of carbonyl (C=O) groups is 2. The first-order valence-corrected chi connectivity index (χ1v) is 17.1. The lowest BCUT2D eigenvalue weighted by Gasteiger charge is -2.35. The lowest BCUT2D eigenvalue weighted by atomic mass is 9.93. The van der Waals surface area contributed by atoms with Crippen molar-refractivity contribution in [2.75, 3.05) is 18.2 Å². The number of carbonyl (C=O) groups excluding carboxylic acids is 2. The molecule has 11 heteroatoms. The SMILES string of the molecule is C[C@@H]1Cc2ccccc2CN1C(=O)c1cc2c(cc1-c1cc(C(=O)N(c3ccc(O)cc3)c3ccc4c(cnn4C)c3)c3n1CCNC3)OCO2. The van der Waals surface area contributed by atoms with Crippen molar-refractivity contribution in [1.29, 1.82) is 0 Å². The lowest BCUT2D eigenvalue weighted by Crippen LogP contribution is -2.42. The molecule has 0 spiro atoms. The average molecular weight is 681 g/mol. The van der Waals surface area contributed by atoms with Crippen molar-refractivity contribution in [3.05, 3.63) is 119 Å². The van der Waals surface area contributed by atoms with E-state index in [0.717, 1.165) is 34.3 Å². The molecule has 2 N–H and O–H groups in total. The second-order valence-corrected chi connectivity index (χ2v) is 13.4. The number of nitrogens with zero attached hydrogens (tertiary/aromatic N) is 5. The summed E-state index contributed by atoms with van der Waals surface area (Å²) in [6.45, 7) is 4.45. The zero-order valence-corrected chi connectivity index (χ0v) is 28.3. The number of aryl methyl sites for hydroxylation is 1. The molecule has 0 radical (unpaired) electrons. The molecule has 3 aliphatic rings. The highest BCUT2D eigenvalue weighted by Crippen LogP contribution is 2.42. The van der Waals surface area contributed by atoms with Crippen molar-refractivity contribution < 1.29 is 24.2 Å². The fourth-order valence-corrected chi connectivity index (χ4v) is 7.67. The van der Waals surface area contributed by atoms with Crippen LogP contribution in [0.2, 0.25) is 0 Å². The van der Waals surface area contributed by atoms with E-state index in [2.05, 4.69) is 34.0 Å². The minimum Gasteiger partial charge on any atom is -0.508 e. The minimum atomic E-state index is -0.238. The first kappa shape index (κ1) is 30.9. The topological polar surface area (TPSA) is 114 Å². The molecule has 0 aliphatic carbocycles. The minimum absolute atomic E-state index is 0.00994. The molecule has 6 aromatic rings. The Bertz CT molecular complexity index is 2360. The third kappa shape index (κ3) is 5.20. The maximum atomic E-state index is 15.0. The Morgan fingerprint density at radius 3 is 2.51 bits per heavy atom. The van der Waals surface area contributed by atoms with E-state index in [-0.39, 0.29) is 30.4 Å². The number of rotatable bonds is 5. The van der Waals surface area contributed by atoms with E-state index in [1.807, 2.05) is 54.4 Å². The lowest BCUT2D eigenvalue weighted by molar-refractivity contribution is 0.0658. The molecule has 5 heterocycles. The molecule has 2 amide bonds. The van der Waals surface area contributed by atoms with Crippen molar-refractivity contribution in [2.45, 2.75) is 39.0 Å². The van der Waals surface area contributed by atoms with Crippen molar-refractivity contribution in [3.63, 3.8) is 0 Å². The van der Waals surface area contributed by atoms with Gasteiger partial charge in [0.15, 0.2) is 11.5 Å². The molecule has 51 heavy (non-hydrogen) atoms. The van der Waals surface area contributed by atoms with Crippen molar-refractivity contribution >= 4 is 34.1 Å². The van der Waals surface area contributed by atoms with Crippen LogP contribution in [-0.2, 0) is 33.1 Å². The van der Waals surface area contributed by atoms with Crippen molar-refractivity contribution in [3.8, 4) is 28.5 Å². The van der Waals surface area contributed by atoms with Crippen LogP contribution < -0.4 is 19.7 Å². The van der Waals surface area contributed by atoms with E-state index in [4.69, 9.17) is 9.47 Å². The Hall–Kier alpha value is -6.07. The van der Waals surface area contributed by atoms with Crippen LogP contribution in [0.5, 0.6) is 17.2 Å².